The molecule has 146 valence electrons. The topological polar surface area (TPSA) is 41.1 Å². The van der Waals surface area contributed by atoms with E-state index in [9.17, 15) is 9.18 Å². The maximum Gasteiger partial charge on any atom is 0.237 e. The second-order valence-corrected chi connectivity index (χ2v) is 8.14. The molecule has 2 aliphatic rings. The number of carbonyl (C=O) groups is 1. The lowest BCUT2D eigenvalue weighted by atomic mass is 9.59. The molecule has 5 heteroatoms. The van der Waals surface area contributed by atoms with E-state index in [0.29, 0.717) is 5.02 Å². The van der Waals surface area contributed by atoms with E-state index in [1.54, 1.807) is 6.07 Å². The Balaban J connectivity index is 1.78. The van der Waals surface area contributed by atoms with Crippen LogP contribution in [0.4, 0.5) is 10.1 Å². The third-order valence-corrected chi connectivity index (χ3v) is 6.45. The highest BCUT2D eigenvalue weighted by Crippen LogP contribution is 2.57. The van der Waals surface area contributed by atoms with Gasteiger partial charge in [0, 0.05) is 16.6 Å². The maximum atomic E-state index is 14.1. The Bertz CT molecular complexity index is 1050. The number of nitrogens with one attached hydrogen (secondary N) is 2. The predicted octanol–water partition coefficient (Wildman–Crippen LogP) is 5.19. The number of carbonyl (C=O) groups excluding carboxylic acids is 1. The van der Waals surface area contributed by atoms with Crippen LogP contribution in [-0.2, 0) is 10.2 Å². The van der Waals surface area contributed by atoms with Gasteiger partial charge in [0.15, 0.2) is 0 Å². The fourth-order valence-corrected chi connectivity index (χ4v) is 5.31. The predicted molar refractivity (Wildman–Crippen MR) is 113 cm³/mol. The molecule has 3 atom stereocenters. The SMILES string of the molecule is O=C1Nc2ccccc2C12C(c1cccc(Cl)c1)CCNC2c1cccc(F)c1. The minimum atomic E-state index is -0.896. The van der Waals surface area contributed by atoms with E-state index in [1.807, 2.05) is 54.6 Å². The summed E-state index contributed by atoms with van der Waals surface area (Å²) < 4.78 is 14.1. The van der Waals surface area contributed by atoms with Crippen LogP contribution in [0.25, 0.3) is 0 Å². The van der Waals surface area contributed by atoms with Gasteiger partial charge < -0.3 is 10.6 Å². The standard InChI is InChI=1S/C24H20ClFN2O/c25-17-7-3-5-15(13-17)19-11-12-27-22(16-6-4-8-18(26)14-16)24(19)20-9-1-2-10-21(20)28-23(24)29/h1-10,13-14,19,22,27H,11-12H2,(H,28,29). The van der Waals surface area contributed by atoms with Gasteiger partial charge in [-0.05, 0) is 60.0 Å². The smallest absolute Gasteiger partial charge is 0.237 e. The van der Waals surface area contributed by atoms with Crippen molar-refractivity contribution in [2.75, 3.05) is 11.9 Å². The lowest BCUT2D eigenvalue weighted by molar-refractivity contribution is -0.123. The number of halogens is 2. The summed E-state index contributed by atoms with van der Waals surface area (Å²) in [7, 11) is 0. The van der Waals surface area contributed by atoms with Crippen LogP contribution in [0.2, 0.25) is 5.02 Å². The summed E-state index contributed by atoms with van der Waals surface area (Å²) in [5, 5.41) is 7.25. The van der Waals surface area contributed by atoms with Crippen LogP contribution in [0.1, 0.15) is 35.1 Å². The van der Waals surface area contributed by atoms with Crippen molar-refractivity contribution in [3.8, 4) is 0 Å². The number of fused-ring (bicyclic) bond motifs is 2. The minimum absolute atomic E-state index is 0.0647. The highest BCUT2D eigenvalue weighted by atomic mass is 35.5. The van der Waals surface area contributed by atoms with Crippen LogP contribution in [-0.4, -0.2) is 12.5 Å². The largest absolute Gasteiger partial charge is 0.325 e. The number of hydrogen-bond donors (Lipinski definition) is 2. The molecular formula is C24H20ClFN2O. The van der Waals surface area contributed by atoms with Crippen LogP contribution in [0.5, 0.6) is 0 Å². The number of anilines is 1. The van der Waals surface area contributed by atoms with Crippen LogP contribution in [0.15, 0.2) is 72.8 Å². The van der Waals surface area contributed by atoms with Gasteiger partial charge in [-0.1, -0.05) is 54.1 Å². The second kappa shape index (κ2) is 6.97. The molecule has 1 fully saturated rings. The van der Waals surface area contributed by atoms with Crippen molar-refractivity contribution >= 4 is 23.2 Å². The number of hydrogen-bond acceptors (Lipinski definition) is 2. The Morgan fingerprint density at radius 1 is 0.966 bits per heavy atom. The van der Waals surface area contributed by atoms with E-state index in [1.165, 1.54) is 12.1 Å². The van der Waals surface area contributed by atoms with E-state index in [-0.39, 0.29) is 23.7 Å². The molecule has 0 bridgehead atoms. The molecule has 2 aliphatic heterocycles. The van der Waals surface area contributed by atoms with Crippen LogP contribution >= 0.6 is 11.6 Å². The summed E-state index contributed by atoms with van der Waals surface area (Å²) in [4.78, 5) is 13.7. The number of benzene rings is 3. The molecule has 0 aliphatic carbocycles. The highest BCUT2D eigenvalue weighted by molar-refractivity contribution is 6.30. The molecule has 5 rings (SSSR count). The lowest BCUT2D eigenvalue weighted by Gasteiger charge is -2.47. The summed E-state index contributed by atoms with van der Waals surface area (Å²) in [5.41, 5.74) is 2.65. The van der Waals surface area contributed by atoms with E-state index >= 15 is 0 Å². The van der Waals surface area contributed by atoms with Gasteiger partial charge >= 0.3 is 0 Å². The summed E-state index contributed by atoms with van der Waals surface area (Å²) >= 11 is 6.30. The lowest BCUT2D eigenvalue weighted by Crippen LogP contribution is -2.55. The Morgan fingerprint density at radius 3 is 2.59 bits per heavy atom. The molecule has 3 aromatic rings. The molecule has 1 amide bonds. The van der Waals surface area contributed by atoms with Crippen molar-refractivity contribution in [2.24, 2.45) is 0 Å². The Kier molecular flexibility index (Phi) is 4.41. The zero-order valence-corrected chi connectivity index (χ0v) is 16.4. The third kappa shape index (κ3) is 2.78. The fourth-order valence-electron chi connectivity index (χ4n) is 5.12. The first-order valence-electron chi connectivity index (χ1n) is 9.76. The number of rotatable bonds is 2. The summed E-state index contributed by atoms with van der Waals surface area (Å²) in [6.07, 6.45) is 0.772. The molecule has 1 spiro atoms. The Labute approximate surface area is 173 Å². The first-order valence-corrected chi connectivity index (χ1v) is 10.1. The fraction of sp³-hybridized carbons (Fsp3) is 0.208. The molecular weight excluding hydrogens is 387 g/mol. The van der Waals surface area contributed by atoms with Gasteiger partial charge in [-0.15, -0.1) is 0 Å². The Hall–Kier alpha value is -2.69. The molecule has 29 heavy (non-hydrogen) atoms. The van der Waals surface area contributed by atoms with Gasteiger partial charge in [-0.2, -0.15) is 0 Å². The maximum absolute atomic E-state index is 14.1. The van der Waals surface area contributed by atoms with Crippen molar-refractivity contribution < 1.29 is 9.18 Å². The van der Waals surface area contributed by atoms with Crippen LogP contribution in [0, 0.1) is 5.82 Å². The molecule has 1 saturated heterocycles. The second-order valence-electron chi connectivity index (χ2n) is 7.71. The molecule has 2 N–H and O–H groups in total. The number of amides is 1. The first kappa shape index (κ1) is 18.3. The van der Waals surface area contributed by atoms with Crippen LogP contribution < -0.4 is 10.6 Å². The highest BCUT2D eigenvalue weighted by Gasteiger charge is 2.59. The number of para-hydroxylation sites is 1. The molecule has 3 aromatic carbocycles. The van der Waals surface area contributed by atoms with Crippen molar-refractivity contribution in [1.82, 2.24) is 5.32 Å². The number of piperidine rings is 1. The summed E-state index contributed by atoms with van der Waals surface area (Å²) in [6, 6.07) is 21.7. The summed E-state index contributed by atoms with van der Waals surface area (Å²) in [5.74, 6) is -0.472. The van der Waals surface area contributed by atoms with Crippen LogP contribution in [0.3, 0.4) is 0 Å². The van der Waals surface area contributed by atoms with E-state index in [0.717, 1.165) is 35.3 Å². The molecule has 3 unspecified atom stereocenters. The molecule has 2 heterocycles. The van der Waals surface area contributed by atoms with Gasteiger partial charge in [0.1, 0.15) is 11.2 Å². The zero-order chi connectivity index (χ0) is 20.0. The van der Waals surface area contributed by atoms with Crippen molar-refractivity contribution in [2.45, 2.75) is 23.8 Å². The average molecular weight is 407 g/mol. The normalized spacial score (nSPS) is 25.7. The van der Waals surface area contributed by atoms with E-state index in [4.69, 9.17) is 11.6 Å². The van der Waals surface area contributed by atoms with Gasteiger partial charge in [-0.25, -0.2) is 4.39 Å². The monoisotopic (exact) mass is 406 g/mol. The molecule has 0 saturated carbocycles. The zero-order valence-electron chi connectivity index (χ0n) is 15.7. The third-order valence-electron chi connectivity index (χ3n) is 6.22. The Morgan fingerprint density at radius 2 is 1.76 bits per heavy atom. The van der Waals surface area contributed by atoms with Crippen molar-refractivity contribution in [3.63, 3.8) is 0 Å². The minimum Gasteiger partial charge on any atom is -0.325 e. The van der Waals surface area contributed by atoms with Gasteiger partial charge in [0.25, 0.3) is 0 Å². The molecule has 0 radical (unpaired) electrons. The molecule has 0 aromatic heterocycles. The quantitative estimate of drug-likeness (QED) is 0.615. The first-order chi connectivity index (χ1) is 14.1. The van der Waals surface area contributed by atoms with Gasteiger partial charge in [-0.3, -0.25) is 4.79 Å². The van der Waals surface area contributed by atoms with Gasteiger partial charge in [0.05, 0.1) is 6.04 Å². The van der Waals surface area contributed by atoms with Crippen molar-refractivity contribution in [3.05, 3.63) is 100 Å². The van der Waals surface area contributed by atoms with Gasteiger partial charge in [0.2, 0.25) is 5.91 Å². The van der Waals surface area contributed by atoms with E-state index in [2.05, 4.69) is 10.6 Å². The average Bonchev–Trinajstić information content (AvgIpc) is 3.01. The molecule has 3 nitrogen and oxygen atoms in total. The van der Waals surface area contributed by atoms with E-state index < -0.39 is 5.41 Å². The summed E-state index contributed by atoms with van der Waals surface area (Å²) in [6.45, 7) is 0.718. The van der Waals surface area contributed by atoms with Crippen molar-refractivity contribution in [1.29, 1.82) is 0 Å².